The monoisotopic (exact) mass is 335 g/mol. The first-order valence-corrected chi connectivity index (χ1v) is 7.81. The highest BCUT2D eigenvalue weighted by Crippen LogP contribution is 2.33. The van der Waals surface area contributed by atoms with Gasteiger partial charge in [0.05, 0.1) is 17.6 Å². The summed E-state index contributed by atoms with van der Waals surface area (Å²) >= 11 is 0. The Balaban J connectivity index is 1.65. The van der Waals surface area contributed by atoms with Crippen LogP contribution in [0.1, 0.15) is 37.6 Å². The molecule has 2 N–H and O–H groups in total. The van der Waals surface area contributed by atoms with E-state index in [1.54, 1.807) is 10.4 Å². The van der Waals surface area contributed by atoms with Crippen LogP contribution >= 0.6 is 0 Å². The molecule has 130 valence electrons. The molecule has 2 amide bonds. The van der Waals surface area contributed by atoms with Gasteiger partial charge in [-0.15, -0.1) is 0 Å². The van der Waals surface area contributed by atoms with Gasteiger partial charge in [-0.05, 0) is 27.2 Å². The zero-order valence-electron chi connectivity index (χ0n) is 13.9. The van der Waals surface area contributed by atoms with Crippen molar-refractivity contribution in [1.29, 1.82) is 0 Å². The second-order valence-corrected chi connectivity index (χ2v) is 7.04. The fraction of sp³-hybridized carbons (Fsp3) is 0.600. The molecular formula is C15H21N5O4. The van der Waals surface area contributed by atoms with Crippen molar-refractivity contribution in [2.45, 2.75) is 44.9 Å². The molecule has 2 unspecified atom stereocenters. The van der Waals surface area contributed by atoms with E-state index in [9.17, 15) is 9.59 Å². The topological polar surface area (TPSA) is 108 Å². The van der Waals surface area contributed by atoms with E-state index >= 15 is 0 Å². The minimum absolute atomic E-state index is 0.0777. The lowest BCUT2D eigenvalue weighted by Gasteiger charge is -2.35. The molecule has 9 heteroatoms. The van der Waals surface area contributed by atoms with Gasteiger partial charge in [0.15, 0.2) is 0 Å². The van der Waals surface area contributed by atoms with E-state index in [2.05, 4.69) is 9.97 Å². The highest BCUT2D eigenvalue weighted by molar-refractivity contribution is 5.92. The molecule has 2 atom stereocenters. The SMILES string of the molecule is CC(C)(C)OC(=O)N1CC2CC1CN2c1ncc(C(=O)NO)cn1. The standard InChI is InChI=1S/C15H21N5O4/c1-15(2,3)24-14(22)20-8-10-4-11(20)7-19(10)13-16-5-9(6-17-13)12(21)18-23/h5-6,10-11,23H,4,7-8H2,1-3H3,(H,18,21). The van der Waals surface area contributed by atoms with Crippen molar-refractivity contribution in [3.8, 4) is 0 Å². The Labute approximate surface area is 139 Å². The molecule has 0 saturated carbocycles. The number of rotatable bonds is 2. The predicted octanol–water partition coefficient (Wildman–Crippen LogP) is 0.794. The maximum atomic E-state index is 12.2. The van der Waals surface area contributed by atoms with Gasteiger partial charge in [0.1, 0.15) is 5.60 Å². The number of anilines is 1. The van der Waals surface area contributed by atoms with Gasteiger partial charge >= 0.3 is 6.09 Å². The van der Waals surface area contributed by atoms with E-state index < -0.39 is 11.5 Å². The van der Waals surface area contributed by atoms with E-state index in [0.29, 0.717) is 19.0 Å². The maximum Gasteiger partial charge on any atom is 0.410 e. The number of ether oxygens (including phenoxy) is 1. The number of aromatic nitrogens is 2. The van der Waals surface area contributed by atoms with Crippen molar-refractivity contribution in [2.75, 3.05) is 18.0 Å². The Kier molecular flexibility index (Phi) is 4.04. The Hall–Kier alpha value is -2.42. The summed E-state index contributed by atoms with van der Waals surface area (Å²) in [5, 5.41) is 8.60. The van der Waals surface area contributed by atoms with Gasteiger partial charge in [-0.25, -0.2) is 20.2 Å². The van der Waals surface area contributed by atoms with Crippen LogP contribution in [0.25, 0.3) is 0 Å². The van der Waals surface area contributed by atoms with Gasteiger partial charge in [0.25, 0.3) is 5.91 Å². The first-order chi connectivity index (χ1) is 11.3. The average Bonchev–Trinajstić information content (AvgIpc) is 3.13. The normalized spacial score (nSPS) is 22.7. The molecule has 3 heterocycles. The summed E-state index contributed by atoms with van der Waals surface area (Å²) in [5.41, 5.74) is 1.22. The molecule has 0 aromatic carbocycles. The number of nitrogens with one attached hydrogen (secondary N) is 1. The molecule has 2 fully saturated rings. The number of hydrogen-bond acceptors (Lipinski definition) is 7. The fourth-order valence-corrected chi connectivity index (χ4v) is 3.11. The second-order valence-electron chi connectivity index (χ2n) is 7.04. The summed E-state index contributed by atoms with van der Waals surface area (Å²) in [4.78, 5) is 35.7. The quantitative estimate of drug-likeness (QED) is 0.608. The summed E-state index contributed by atoms with van der Waals surface area (Å²) in [6.45, 7) is 6.76. The molecule has 2 aliphatic heterocycles. The molecule has 1 aromatic rings. The number of hydrogen-bond donors (Lipinski definition) is 2. The van der Waals surface area contributed by atoms with Crippen LogP contribution in [0.5, 0.6) is 0 Å². The molecule has 9 nitrogen and oxygen atoms in total. The number of hydroxylamine groups is 1. The van der Waals surface area contributed by atoms with Crippen molar-refractivity contribution in [1.82, 2.24) is 20.3 Å². The molecule has 3 rings (SSSR count). The van der Waals surface area contributed by atoms with Crippen LogP contribution in [-0.2, 0) is 4.74 Å². The third kappa shape index (κ3) is 3.12. The average molecular weight is 335 g/mol. The minimum Gasteiger partial charge on any atom is -0.444 e. The highest BCUT2D eigenvalue weighted by atomic mass is 16.6. The van der Waals surface area contributed by atoms with E-state index in [4.69, 9.17) is 9.94 Å². The van der Waals surface area contributed by atoms with Crippen LogP contribution in [0.4, 0.5) is 10.7 Å². The second kappa shape index (κ2) is 5.90. The molecule has 0 aliphatic carbocycles. The number of nitrogens with zero attached hydrogens (tertiary/aromatic N) is 4. The molecule has 1 aromatic heterocycles. The molecule has 0 radical (unpaired) electrons. The molecule has 0 spiro atoms. The number of amides is 2. The fourth-order valence-electron chi connectivity index (χ4n) is 3.11. The van der Waals surface area contributed by atoms with E-state index in [1.807, 2.05) is 25.7 Å². The van der Waals surface area contributed by atoms with Crippen molar-refractivity contribution in [2.24, 2.45) is 0 Å². The largest absolute Gasteiger partial charge is 0.444 e. The third-order valence-corrected chi connectivity index (χ3v) is 4.13. The zero-order valence-corrected chi connectivity index (χ0v) is 13.9. The Bertz CT molecular complexity index is 642. The Morgan fingerprint density at radius 1 is 1.25 bits per heavy atom. The molecular weight excluding hydrogens is 314 g/mol. The number of likely N-dealkylation sites (tertiary alicyclic amines) is 1. The van der Waals surface area contributed by atoms with Crippen LogP contribution in [0.2, 0.25) is 0 Å². The van der Waals surface area contributed by atoms with E-state index in [1.165, 1.54) is 12.4 Å². The lowest BCUT2D eigenvalue weighted by molar-refractivity contribution is 0.0214. The molecule has 24 heavy (non-hydrogen) atoms. The Morgan fingerprint density at radius 2 is 1.92 bits per heavy atom. The smallest absolute Gasteiger partial charge is 0.410 e. The van der Waals surface area contributed by atoms with E-state index in [-0.39, 0.29) is 23.7 Å². The molecule has 2 aliphatic rings. The summed E-state index contributed by atoms with van der Waals surface area (Å²) < 4.78 is 5.44. The van der Waals surface area contributed by atoms with Gasteiger partial charge < -0.3 is 14.5 Å². The van der Waals surface area contributed by atoms with Crippen LogP contribution < -0.4 is 10.4 Å². The van der Waals surface area contributed by atoms with Crippen molar-refractivity contribution in [3.63, 3.8) is 0 Å². The first kappa shape index (κ1) is 16.4. The molecule has 2 saturated heterocycles. The van der Waals surface area contributed by atoms with Crippen LogP contribution in [0.15, 0.2) is 12.4 Å². The van der Waals surface area contributed by atoms with Crippen molar-refractivity contribution < 1.29 is 19.5 Å². The Morgan fingerprint density at radius 3 is 2.42 bits per heavy atom. The maximum absolute atomic E-state index is 12.2. The van der Waals surface area contributed by atoms with Crippen LogP contribution in [-0.4, -0.2) is 62.8 Å². The number of carbonyl (C=O) groups is 2. The highest BCUT2D eigenvalue weighted by Gasteiger charge is 2.47. The number of piperazine rings is 1. The van der Waals surface area contributed by atoms with Crippen LogP contribution in [0.3, 0.4) is 0 Å². The predicted molar refractivity (Wildman–Crippen MR) is 83.8 cm³/mol. The zero-order chi connectivity index (χ0) is 17.5. The van der Waals surface area contributed by atoms with Gasteiger partial charge in [-0.1, -0.05) is 0 Å². The first-order valence-electron chi connectivity index (χ1n) is 7.81. The summed E-state index contributed by atoms with van der Waals surface area (Å²) in [6, 6.07) is 0.217. The summed E-state index contributed by atoms with van der Waals surface area (Å²) in [5.74, 6) is -0.138. The van der Waals surface area contributed by atoms with Crippen molar-refractivity contribution in [3.05, 3.63) is 18.0 Å². The molecule has 2 bridgehead atoms. The van der Waals surface area contributed by atoms with Gasteiger partial charge in [-0.2, -0.15) is 0 Å². The minimum atomic E-state index is -0.652. The van der Waals surface area contributed by atoms with Crippen molar-refractivity contribution >= 4 is 17.9 Å². The van der Waals surface area contributed by atoms with Crippen LogP contribution in [0, 0.1) is 0 Å². The number of carbonyl (C=O) groups excluding carboxylic acids is 2. The number of fused-ring (bicyclic) bond motifs is 2. The van der Waals surface area contributed by atoms with Gasteiger partial charge in [-0.3, -0.25) is 10.0 Å². The third-order valence-electron chi connectivity index (χ3n) is 4.13. The van der Waals surface area contributed by atoms with E-state index in [0.717, 1.165) is 6.42 Å². The van der Waals surface area contributed by atoms with Gasteiger partial charge in [0, 0.05) is 25.5 Å². The summed E-state index contributed by atoms with van der Waals surface area (Å²) in [7, 11) is 0. The lowest BCUT2D eigenvalue weighted by atomic mass is 10.2. The lowest BCUT2D eigenvalue weighted by Crippen LogP contribution is -2.50. The van der Waals surface area contributed by atoms with Gasteiger partial charge in [0.2, 0.25) is 5.95 Å². The summed E-state index contributed by atoms with van der Waals surface area (Å²) in [6.07, 6.45) is 3.30.